The summed E-state index contributed by atoms with van der Waals surface area (Å²) in [7, 11) is 0. The van der Waals surface area contributed by atoms with Gasteiger partial charge in [0, 0.05) is 23.2 Å². The van der Waals surface area contributed by atoms with Crippen molar-refractivity contribution in [2.24, 2.45) is 5.10 Å². The molecule has 3 aromatic carbocycles. The number of hydrazone groups is 1. The van der Waals surface area contributed by atoms with Gasteiger partial charge in [-0.15, -0.1) is 8.78 Å². The Morgan fingerprint density at radius 1 is 1.03 bits per heavy atom. The van der Waals surface area contributed by atoms with Crippen LogP contribution in [0.15, 0.2) is 77.9 Å². The summed E-state index contributed by atoms with van der Waals surface area (Å²) in [5.41, 5.74) is 2.38. The highest BCUT2D eigenvalue weighted by Gasteiger charge is 2.43. The van der Waals surface area contributed by atoms with Crippen LogP contribution in [0.3, 0.4) is 0 Å². The molecule has 0 saturated heterocycles. The van der Waals surface area contributed by atoms with E-state index in [0.29, 0.717) is 22.8 Å². The Labute approximate surface area is 187 Å². The molecule has 2 aliphatic rings. The highest BCUT2D eigenvalue weighted by molar-refractivity contribution is 6.43. The molecule has 0 radical (unpaired) electrons. The first kappa shape index (κ1) is 20.3. The second-order valence-electron chi connectivity index (χ2n) is 7.28. The van der Waals surface area contributed by atoms with Crippen LogP contribution in [0.5, 0.6) is 11.5 Å². The Kier molecular flexibility index (Phi) is 4.94. The molecule has 1 atom stereocenters. The first-order valence-corrected chi connectivity index (χ1v) is 10.1. The van der Waals surface area contributed by atoms with Crippen molar-refractivity contribution in [3.8, 4) is 11.5 Å². The number of anilines is 2. The fourth-order valence-corrected chi connectivity index (χ4v) is 3.77. The van der Waals surface area contributed by atoms with Crippen LogP contribution in [0, 0.1) is 0 Å². The summed E-state index contributed by atoms with van der Waals surface area (Å²) in [6.45, 7) is 0. The van der Waals surface area contributed by atoms with Gasteiger partial charge in [0.2, 0.25) is 0 Å². The van der Waals surface area contributed by atoms with Gasteiger partial charge in [0.05, 0.1) is 11.7 Å². The molecule has 2 heterocycles. The maximum absolute atomic E-state index is 13.2. The molecule has 162 valence electrons. The molecule has 6 nitrogen and oxygen atoms in total. The van der Waals surface area contributed by atoms with Gasteiger partial charge in [0.1, 0.15) is 5.71 Å². The number of rotatable bonds is 4. The molecule has 5 rings (SSSR count). The first-order chi connectivity index (χ1) is 15.4. The summed E-state index contributed by atoms with van der Waals surface area (Å²) in [5.74, 6) is -0.677. The van der Waals surface area contributed by atoms with E-state index in [-0.39, 0.29) is 17.5 Å². The van der Waals surface area contributed by atoms with Crippen LogP contribution >= 0.6 is 11.6 Å². The lowest BCUT2D eigenvalue weighted by molar-refractivity contribution is -0.286. The molecule has 0 bridgehead atoms. The Balaban J connectivity index is 1.39. The average Bonchev–Trinajstić information content (AvgIpc) is 3.35. The smallest absolute Gasteiger partial charge is 0.395 e. The number of fused-ring (bicyclic) bond motifs is 1. The SMILES string of the molecule is O=C(Nc1ccc2c(c1)OC(F)(F)O2)C1=NN(c2ccccc2)C(c2ccc(Cl)cc2)C1. The molecular weight excluding hydrogens is 440 g/mol. The topological polar surface area (TPSA) is 63.2 Å². The van der Waals surface area contributed by atoms with Gasteiger partial charge in [-0.2, -0.15) is 5.10 Å². The molecule has 0 spiro atoms. The summed E-state index contributed by atoms with van der Waals surface area (Å²) < 4.78 is 35.3. The van der Waals surface area contributed by atoms with E-state index >= 15 is 0 Å². The fourth-order valence-electron chi connectivity index (χ4n) is 3.64. The molecule has 2 aliphatic heterocycles. The second-order valence-corrected chi connectivity index (χ2v) is 7.72. The van der Waals surface area contributed by atoms with Gasteiger partial charge in [-0.05, 0) is 42.0 Å². The molecule has 32 heavy (non-hydrogen) atoms. The molecule has 0 saturated carbocycles. The third kappa shape index (κ3) is 3.97. The largest absolute Gasteiger partial charge is 0.586 e. The van der Waals surface area contributed by atoms with Gasteiger partial charge in [0.25, 0.3) is 5.91 Å². The third-order valence-electron chi connectivity index (χ3n) is 5.11. The molecule has 9 heteroatoms. The number of benzene rings is 3. The Bertz CT molecular complexity index is 1200. The van der Waals surface area contributed by atoms with Crippen molar-refractivity contribution in [2.75, 3.05) is 10.3 Å². The average molecular weight is 456 g/mol. The van der Waals surface area contributed by atoms with Gasteiger partial charge < -0.3 is 14.8 Å². The van der Waals surface area contributed by atoms with Crippen molar-refractivity contribution >= 4 is 34.6 Å². The number of carbonyl (C=O) groups is 1. The second kappa shape index (κ2) is 7.80. The Hall–Kier alpha value is -3.65. The lowest BCUT2D eigenvalue weighted by atomic mass is 10.0. The number of ether oxygens (including phenoxy) is 2. The van der Waals surface area contributed by atoms with Crippen molar-refractivity contribution in [1.29, 1.82) is 0 Å². The minimum Gasteiger partial charge on any atom is -0.395 e. The van der Waals surface area contributed by atoms with Gasteiger partial charge in [0.15, 0.2) is 11.5 Å². The van der Waals surface area contributed by atoms with Crippen molar-refractivity contribution in [3.05, 3.63) is 83.4 Å². The predicted molar refractivity (Wildman–Crippen MR) is 116 cm³/mol. The quantitative estimate of drug-likeness (QED) is 0.555. The molecule has 0 aromatic heterocycles. The van der Waals surface area contributed by atoms with E-state index in [1.807, 2.05) is 42.5 Å². The van der Waals surface area contributed by atoms with Gasteiger partial charge in [-0.1, -0.05) is 41.9 Å². The van der Waals surface area contributed by atoms with Crippen LogP contribution in [-0.2, 0) is 4.79 Å². The zero-order valence-electron chi connectivity index (χ0n) is 16.5. The number of nitrogens with one attached hydrogen (secondary N) is 1. The van der Waals surface area contributed by atoms with E-state index in [4.69, 9.17) is 11.6 Å². The molecule has 0 fully saturated rings. The first-order valence-electron chi connectivity index (χ1n) is 9.76. The number of hydrogen-bond acceptors (Lipinski definition) is 5. The van der Waals surface area contributed by atoms with E-state index in [0.717, 1.165) is 11.3 Å². The fraction of sp³-hybridized carbons (Fsp3) is 0.130. The highest BCUT2D eigenvalue weighted by Crippen LogP contribution is 2.42. The van der Waals surface area contributed by atoms with Crippen LogP contribution in [0.1, 0.15) is 18.0 Å². The van der Waals surface area contributed by atoms with Gasteiger partial charge >= 0.3 is 6.29 Å². The maximum atomic E-state index is 13.2. The molecule has 3 aromatic rings. The predicted octanol–water partition coefficient (Wildman–Crippen LogP) is 5.61. The maximum Gasteiger partial charge on any atom is 0.586 e. The van der Waals surface area contributed by atoms with Crippen LogP contribution in [-0.4, -0.2) is 17.9 Å². The molecule has 1 N–H and O–H groups in total. The summed E-state index contributed by atoms with van der Waals surface area (Å²) in [5, 5.41) is 9.66. The minimum absolute atomic E-state index is 0.0933. The molecule has 1 unspecified atom stereocenters. The van der Waals surface area contributed by atoms with Gasteiger partial charge in [-0.3, -0.25) is 9.80 Å². The molecular formula is C23H16ClF2N3O3. The summed E-state index contributed by atoms with van der Waals surface area (Å²) in [6, 6.07) is 20.7. The normalized spacial score (nSPS) is 18.4. The van der Waals surface area contributed by atoms with E-state index < -0.39 is 12.2 Å². The number of para-hydroxylation sites is 1. The Morgan fingerprint density at radius 3 is 2.50 bits per heavy atom. The number of nitrogens with zero attached hydrogens (tertiary/aromatic N) is 2. The van der Waals surface area contributed by atoms with Crippen LogP contribution in [0.2, 0.25) is 5.02 Å². The number of amides is 1. The van der Waals surface area contributed by atoms with E-state index in [1.165, 1.54) is 18.2 Å². The zero-order chi connectivity index (χ0) is 22.3. The van der Waals surface area contributed by atoms with Crippen LogP contribution < -0.4 is 19.8 Å². The highest BCUT2D eigenvalue weighted by atomic mass is 35.5. The molecule has 1 amide bonds. The number of hydrogen-bond donors (Lipinski definition) is 1. The lowest BCUT2D eigenvalue weighted by Crippen LogP contribution is -2.26. The third-order valence-corrected chi connectivity index (χ3v) is 5.36. The van der Waals surface area contributed by atoms with Gasteiger partial charge in [-0.25, -0.2) is 0 Å². The van der Waals surface area contributed by atoms with Crippen molar-refractivity contribution in [2.45, 2.75) is 18.8 Å². The number of halogens is 3. The Morgan fingerprint density at radius 2 is 1.75 bits per heavy atom. The van der Waals surface area contributed by atoms with Crippen LogP contribution in [0.4, 0.5) is 20.2 Å². The summed E-state index contributed by atoms with van der Waals surface area (Å²) in [4.78, 5) is 12.9. The van der Waals surface area contributed by atoms with Crippen molar-refractivity contribution in [1.82, 2.24) is 0 Å². The monoisotopic (exact) mass is 455 g/mol. The summed E-state index contributed by atoms with van der Waals surface area (Å²) >= 11 is 6.03. The van der Waals surface area contributed by atoms with Crippen molar-refractivity contribution < 1.29 is 23.0 Å². The lowest BCUT2D eigenvalue weighted by Gasteiger charge is -2.23. The van der Waals surface area contributed by atoms with Crippen LogP contribution in [0.25, 0.3) is 0 Å². The summed E-state index contributed by atoms with van der Waals surface area (Å²) in [6.07, 6.45) is -3.37. The van der Waals surface area contributed by atoms with E-state index in [2.05, 4.69) is 19.9 Å². The van der Waals surface area contributed by atoms with E-state index in [9.17, 15) is 13.6 Å². The van der Waals surface area contributed by atoms with E-state index in [1.54, 1.807) is 17.1 Å². The minimum atomic E-state index is -3.72. The standard InChI is InChI=1S/C23H16ClF2N3O3/c24-15-8-6-14(7-9-15)19-13-18(28-29(19)17-4-2-1-3-5-17)22(30)27-16-10-11-20-21(12-16)32-23(25,26)31-20/h1-12,19H,13H2,(H,27,30). The number of alkyl halides is 2. The zero-order valence-corrected chi connectivity index (χ0v) is 17.2. The van der Waals surface area contributed by atoms with Crippen molar-refractivity contribution in [3.63, 3.8) is 0 Å². The molecule has 0 aliphatic carbocycles. The number of carbonyl (C=O) groups excluding carboxylic acids is 1.